The third-order valence-corrected chi connectivity index (χ3v) is 8.82. The maximum atomic E-state index is 15.6. The minimum Gasteiger partial charge on any atom is -0.469 e. The van der Waals surface area contributed by atoms with E-state index in [-0.39, 0.29) is 35.1 Å². The van der Waals surface area contributed by atoms with Crippen molar-refractivity contribution in [3.8, 4) is 22.5 Å². The Kier molecular flexibility index (Phi) is 7.23. The van der Waals surface area contributed by atoms with Gasteiger partial charge in [-0.05, 0) is 61.2 Å². The number of pyridine rings is 1. The molecule has 1 saturated heterocycles. The molecule has 0 radical (unpaired) electrons. The molecule has 228 valence electrons. The number of carbonyl (C=O) groups is 2. The minimum absolute atomic E-state index is 0.161. The second-order valence-electron chi connectivity index (χ2n) is 11.5. The molecule has 3 aromatic heterocycles. The van der Waals surface area contributed by atoms with Crippen LogP contribution in [-0.2, 0) is 16.0 Å². The molecule has 0 spiro atoms. The molecule has 1 amide bonds. The monoisotopic (exact) mass is 608 g/mol. The maximum absolute atomic E-state index is 15.6. The van der Waals surface area contributed by atoms with Crippen LogP contribution in [0.25, 0.3) is 28.2 Å². The van der Waals surface area contributed by atoms with Gasteiger partial charge in [0, 0.05) is 48.7 Å². The number of halogens is 2. The number of amides is 1. The summed E-state index contributed by atoms with van der Waals surface area (Å²) in [4.78, 5) is 38.3. The van der Waals surface area contributed by atoms with Crippen molar-refractivity contribution in [1.82, 2.24) is 24.5 Å². The lowest BCUT2D eigenvalue weighted by Crippen LogP contribution is -2.39. The smallest absolute Gasteiger partial charge is 0.310 e. The van der Waals surface area contributed by atoms with Crippen molar-refractivity contribution in [3.63, 3.8) is 0 Å². The van der Waals surface area contributed by atoms with E-state index in [2.05, 4.69) is 21.1 Å². The van der Waals surface area contributed by atoms with Gasteiger partial charge in [-0.2, -0.15) is 5.10 Å². The Bertz CT molecular complexity index is 1960. The number of benzene rings is 2. The second kappa shape index (κ2) is 11.4. The third-order valence-electron chi connectivity index (χ3n) is 8.82. The Balaban J connectivity index is 1.26. The highest BCUT2D eigenvalue weighted by atomic mass is 19.1. The standard InChI is InChI=1S/C34H30F2N6O3/c1-20-26-6-4-3-5-21(26)10-12-41(20)33(43)30-15-31(23-13-24(35)18-37-17-23)42-32(38-30)16-29(39-42)27-8-7-25(14-28(27)36)40-11-9-22(19-40)34(44)45-2/h3-8,13-18,20,22H,9-12,19H2,1-2H3/t20-,22+/m1/s1. The molecule has 0 aliphatic carbocycles. The van der Waals surface area contributed by atoms with Gasteiger partial charge in [-0.15, -0.1) is 0 Å². The Hall–Kier alpha value is -5.19. The molecular weight excluding hydrogens is 578 g/mol. The highest BCUT2D eigenvalue weighted by Crippen LogP contribution is 2.33. The number of hydrogen-bond donors (Lipinski definition) is 0. The van der Waals surface area contributed by atoms with Crippen LogP contribution >= 0.6 is 0 Å². The molecule has 9 nitrogen and oxygen atoms in total. The molecule has 2 aliphatic rings. The van der Waals surface area contributed by atoms with Crippen LogP contribution in [0, 0.1) is 17.6 Å². The highest BCUT2D eigenvalue weighted by molar-refractivity contribution is 5.94. The number of nitrogens with zero attached hydrogens (tertiary/aromatic N) is 6. The third kappa shape index (κ3) is 5.17. The molecule has 45 heavy (non-hydrogen) atoms. The van der Waals surface area contributed by atoms with Gasteiger partial charge in [0.1, 0.15) is 17.3 Å². The number of ether oxygens (including phenoxy) is 1. The fourth-order valence-corrected chi connectivity index (χ4v) is 6.43. The molecule has 2 aliphatic heterocycles. The number of aromatic nitrogens is 4. The van der Waals surface area contributed by atoms with Crippen molar-refractivity contribution in [1.29, 1.82) is 0 Å². The van der Waals surface area contributed by atoms with Crippen LogP contribution in [0.2, 0.25) is 0 Å². The summed E-state index contributed by atoms with van der Waals surface area (Å²) in [7, 11) is 1.37. The molecule has 0 unspecified atom stereocenters. The first kappa shape index (κ1) is 28.6. The summed E-state index contributed by atoms with van der Waals surface area (Å²) in [6, 6.07) is 17.3. The first-order valence-electron chi connectivity index (χ1n) is 14.8. The zero-order valence-corrected chi connectivity index (χ0v) is 24.8. The SMILES string of the molecule is COC(=O)[C@H]1CCN(c2ccc(-c3cc4nc(C(=O)N5CCc6ccccc6[C@H]5C)cc(-c5cncc(F)c5)n4n3)c(F)c2)C1. The van der Waals surface area contributed by atoms with E-state index in [4.69, 9.17) is 4.74 Å². The van der Waals surface area contributed by atoms with Gasteiger partial charge in [0.15, 0.2) is 5.65 Å². The molecule has 11 heteroatoms. The van der Waals surface area contributed by atoms with Gasteiger partial charge in [0.2, 0.25) is 0 Å². The van der Waals surface area contributed by atoms with Crippen LogP contribution in [0.4, 0.5) is 14.5 Å². The predicted octanol–water partition coefficient (Wildman–Crippen LogP) is 5.50. The highest BCUT2D eigenvalue weighted by Gasteiger charge is 2.31. The van der Waals surface area contributed by atoms with E-state index < -0.39 is 11.6 Å². The summed E-state index contributed by atoms with van der Waals surface area (Å²) in [5.41, 5.74) is 4.78. The molecule has 1 fully saturated rings. The largest absolute Gasteiger partial charge is 0.469 e. The van der Waals surface area contributed by atoms with Crippen molar-refractivity contribution in [2.75, 3.05) is 31.6 Å². The quantitative estimate of drug-likeness (QED) is 0.244. The molecule has 2 aromatic carbocycles. The number of anilines is 1. The summed E-state index contributed by atoms with van der Waals surface area (Å²) in [5.74, 6) is -1.83. The van der Waals surface area contributed by atoms with E-state index in [1.165, 1.54) is 35.5 Å². The van der Waals surface area contributed by atoms with Gasteiger partial charge < -0.3 is 14.5 Å². The van der Waals surface area contributed by atoms with Gasteiger partial charge in [0.05, 0.1) is 36.7 Å². The number of fused-ring (bicyclic) bond motifs is 2. The molecule has 0 bridgehead atoms. The van der Waals surface area contributed by atoms with Gasteiger partial charge in [-0.1, -0.05) is 24.3 Å². The number of methoxy groups -OCH3 is 1. The summed E-state index contributed by atoms with van der Waals surface area (Å²) < 4.78 is 36.3. The maximum Gasteiger partial charge on any atom is 0.310 e. The van der Waals surface area contributed by atoms with E-state index in [0.717, 1.165) is 18.2 Å². The molecule has 5 aromatic rings. The van der Waals surface area contributed by atoms with Crippen LogP contribution in [0.15, 0.2) is 73.1 Å². The van der Waals surface area contributed by atoms with Crippen molar-refractivity contribution >= 4 is 23.2 Å². The van der Waals surface area contributed by atoms with E-state index in [0.29, 0.717) is 54.3 Å². The van der Waals surface area contributed by atoms with E-state index in [1.807, 2.05) is 30.0 Å². The predicted molar refractivity (Wildman–Crippen MR) is 164 cm³/mol. The Labute approximate surface area is 258 Å². The molecule has 5 heterocycles. The summed E-state index contributed by atoms with van der Waals surface area (Å²) >= 11 is 0. The molecule has 0 N–H and O–H groups in total. The lowest BCUT2D eigenvalue weighted by atomic mass is 9.93. The Morgan fingerprint density at radius 2 is 1.84 bits per heavy atom. The van der Waals surface area contributed by atoms with Gasteiger partial charge >= 0.3 is 5.97 Å². The molecule has 0 saturated carbocycles. The molecule has 7 rings (SSSR count). The van der Waals surface area contributed by atoms with Crippen LogP contribution in [0.5, 0.6) is 0 Å². The van der Waals surface area contributed by atoms with Crippen molar-refractivity contribution in [2.45, 2.75) is 25.8 Å². The fourth-order valence-electron chi connectivity index (χ4n) is 6.43. The molecule has 2 atom stereocenters. The second-order valence-corrected chi connectivity index (χ2v) is 11.5. The number of carbonyl (C=O) groups excluding carboxylic acids is 2. The van der Waals surface area contributed by atoms with E-state index >= 15 is 4.39 Å². The topological polar surface area (TPSA) is 92.9 Å². The average molecular weight is 609 g/mol. The number of hydrogen-bond acceptors (Lipinski definition) is 7. The minimum atomic E-state index is -0.544. The van der Waals surface area contributed by atoms with E-state index in [9.17, 15) is 14.0 Å². The van der Waals surface area contributed by atoms with Gasteiger partial charge in [-0.25, -0.2) is 18.3 Å². The van der Waals surface area contributed by atoms with Crippen molar-refractivity contribution in [2.24, 2.45) is 5.92 Å². The Morgan fingerprint density at radius 3 is 2.64 bits per heavy atom. The zero-order valence-electron chi connectivity index (χ0n) is 24.8. The first-order valence-corrected chi connectivity index (χ1v) is 14.8. The zero-order chi connectivity index (χ0) is 31.2. The van der Waals surface area contributed by atoms with E-state index in [1.54, 1.807) is 29.2 Å². The lowest BCUT2D eigenvalue weighted by molar-refractivity contribution is -0.144. The van der Waals surface area contributed by atoms with Crippen LogP contribution < -0.4 is 4.90 Å². The summed E-state index contributed by atoms with van der Waals surface area (Å²) in [6.07, 6.45) is 3.94. The van der Waals surface area contributed by atoms with Gasteiger partial charge in [0.25, 0.3) is 5.91 Å². The van der Waals surface area contributed by atoms with Gasteiger partial charge in [-0.3, -0.25) is 14.6 Å². The number of rotatable bonds is 5. The normalized spacial score (nSPS) is 17.9. The number of esters is 1. The van der Waals surface area contributed by atoms with Crippen molar-refractivity contribution in [3.05, 3.63) is 102 Å². The van der Waals surface area contributed by atoms with Crippen LogP contribution in [0.3, 0.4) is 0 Å². The van der Waals surface area contributed by atoms with Crippen LogP contribution in [-0.4, -0.2) is 63.1 Å². The summed E-state index contributed by atoms with van der Waals surface area (Å²) in [5, 5.41) is 4.65. The Morgan fingerprint density at radius 1 is 1.00 bits per heavy atom. The fraction of sp³-hybridized carbons (Fsp3) is 0.265. The first-order chi connectivity index (χ1) is 21.8. The summed E-state index contributed by atoms with van der Waals surface area (Å²) in [6.45, 7) is 3.58. The molecular formula is C34H30F2N6O3. The average Bonchev–Trinajstić information content (AvgIpc) is 3.72. The lowest BCUT2D eigenvalue weighted by Gasteiger charge is -2.35. The van der Waals surface area contributed by atoms with Crippen molar-refractivity contribution < 1.29 is 23.1 Å². The van der Waals surface area contributed by atoms with Crippen LogP contribution in [0.1, 0.15) is 41.0 Å².